The van der Waals surface area contributed by atoms with E-state index >= 15 is 0 Å². The van der Waals surface area contributed by atoms with Gasteiger partial charge in [0.25, 0.3) is 0 Å². The Morgan fingerprint density at radius 3 is 2.82 bits per heavy atom. The topological polar surface area (TPSA) is 55.6 Å². The van der Waals surface area contributed by atoms with Crippen LogP contribution in [0.3, 0.4) is 0 Å². The number of aryl methyl sites for hydroxylation is 1. The summed E-state index contributed by atoms with van der Waals surface area (Å²) in [5.74, 6) is 0. The predicted octanol–water partition coefficient (Wildman–Crippen LogP) is 3.14. The van der Waals surface area contributed by atoms with Crippen molar-refractivity contribution in [3.05, 3.63) is 15.4 Å². The van der Waals surface area contributed by atoms with Crippen molar-refractivity contribution in [3.63, 3.8) is 0 Å². The van der Waals surface area contributed by atoms with Crippen LogP contribution in [0.1, 0.15) is 50.6 Å². The summed E-state index contributed by atoms with van der Waals surface area (Å²) in [6.45, 7) is 11.8. The SMILES string of the molecule is CCC(C)(C)NC(=O)N=c1sc(C)c(C)n1CC1CCCO1. The number of carbonyl (C=O) groups is 1. The summed E-state index contributed by atoms with van der Waals surface area (Å²) in [6, 6.07) is -0.269. The van der Waals surface area contributed by atoms with Crippen LogP contribution in [-0.4, -0.2) is 28.8 Å². The highest BCUT2D eigenvalue weighted by molar-refractivity contribution is 7.09. The highest BCUT2D eigenvalue weighted by Crippen LogP contribution is 2.17. The van der Waals surface area contributed by atoms with Gasteiger partial charge in [-0.1, -0.05) is 6.92 Å². The second-order valence-electron chi connectivity index (χ2n) is 6.55. The van der Waals surface area contributed by atoms with E-state index in [4.69, 9.17) is 4.74 Å². The summed E-state index contributed by atoms with van der Waals surface area (Å²) in [5, 5.41) is 2.96. The molecule has 2 amide bonds. The lowest BCUT2D eigenvalue weighted by molar-refractivity contribution is 0.0958. The Balaban J connectivity index is 2.24. The molecule has 1 unspecified atom stereocenters. The van der Waals surface area contributed by atoms with E-state index in [0.29, 0.717) is 0 Å². The molecule has 5 nitrogen and oxygen atoms in total. The monoisotopic (exact) mass is 325 g/mol. The van der Waals surface area contributed by atoms with E-state index in [1.54, 1.807) is 11.3 Å². The zero-order chi connectivity index (χ0) is 16.3. The van der Waals surface area contributed by atoms with Crippen LogP contribution in [0.4, 0.5) is 4.79 Å². The summed E-state index contributed by atoms with van der Waals surface area (Å²) < 4.78 is 7.84. The minimum atomic E-state index is -0.269. The van der Waals surface area contributed by atoms with E-state index in [-0.39, 0.29) is 17.7 Å². The minimum Gasteiger partial charge on any atom is -0.376 e. The summed E-state index contributed by atoms with van der Waals surface area (Å²) in [5.41, 5.74) is 0.934. The smallest absolute Gasteiger partial charge is 0.344 e. The molecule has 1 aliphatic heterocycles. The van der Waals surface area contributed by atoms with Gasteiger partial charge in [0, 0.05) is 22.7 Å². The zero-order valence-corrected chi connectivity index (χ0v) is 15.0. The van der Waals surface area contributed by atoms with Crippen LogP contribution in [0.15, 0.2) is 4.99 Å². The Morgan fingerprint density at radius 1 is 1.50 bits per heavy atom. The lowest BCUT2D eigenvalue weighted by Gasteiger charge is -2.22. The van der Waals surface area contributed by atoms with Crippen molar-refractivity contribution >= 4 is 17.4 Å². The van der Waals surface area contributed by atoms with Gasteiger partial charge < -0.3 is 14.6 Å². The normalized spacial score (nSPS) is 19.7. The number of ether oxygens (including phenoxy) is 1. The van der Waals surface area contributed by atoms with Crippen molar-refractivity contribution < 1.29 is 9.53 Å². The molecule has 1 aromatic rings. The quantitative estimate of drug-likeness (QED) is 0.924. The molecule has 6 heteroatoms. The average Bonchev–Trinajstić information content (AvgIpc) is 3.03. The van der Waals surface area contributed by atoms with Crippen LogP contribution in [-0.2, 0) is 11.3 Å². The van der Waals surface area contributed by atoms with Crippen LogP contribution < -0.4 is 10.1 Å². The molecule has 1 aliphatic rings. The Morgan fingerprint density at radius 2 is 2.23 bits per heavy atom. The lowest BCUT2D eigenvalue weighted by atomic mass is 10.0. The maximum Gasteiger partial charge on any atom is 0.344 e. The second-order valence-corrected chi connectivity index (χ2v) is 7.73. The summed E-state index contributed by atoms with van der Waals surface area (Å²) >= 11 is 1.57. The highest BCUT2D eigenvalue weighted by Gasteiger charge is 2.20. The van der Waals surface area contributed by atoms with Gasteiger partial charge in [0.15, 0.2) is 4.80 Å². The predicted molar refractivity (Wildman–Crippen MR) is 89.2 cm³/mol. The fraction of sp³-hybridized carbons (Fsp3) is 0.750. The molecule has 22 heavy (non-hydrogen) atoms. The van der Waals surface area contributed by atoms with Crippen LogP contribution >= 0.6 is 11.3 Å². The van der Waals surface area contributed by atoms with E-state index in [9.17, 15) is 4.79 Å². The van der Waals surface area contributed by atoms with Crippen molar-refractivity contribution in [2.24, 2.45) is 4.99 Å². The van der Waals surface area contributed by atoms with Crippen molar-refractivity contribution in [2.45, 2.75) is 72.1 Å². The molecule has 0 radical (unpaired) electrons. The van der Waals surface area contributed by atoms with E-state index < -0.39 is 0 Å². The van der Waals surface area contributed by atoms with Gasteiger partial charge in [-0.2, -0.15) is 4.99 Å². The molecule has 0 bridgehead atoms. The average molecular weight is 325 g/mol. The largest absolute Gasteiger partial charge is 0.376 e. The number of urea groups is 1. The first-order valence-electron chi connectivity index (χ1n) is 7.97. The molecule has 1 saturated heterocycles. The lowest BCUT2D eigenvalue weighted by Crippen LogP contribution is -2.42. The summed E-state index contributed by atoms with van der Waals surface area (Å²) in [6.07, 6.45) is 3.30. The first-order chi connectivity index (χ1) is 10.3. The second kappa shape index (κ2) is 6.96. The Kier molecular flexibility index (Phi) is 5.45. The van der Waals surface area contributed by atoms with Gasteiger partial charge in [0.05, 0.1) is 12.6 Å². The van der Waals surface area contributed by atoms with Crippen LogP contribution in [0, 0.1) is 13.8 Å². The number of aromatic nitrogens is 1. The van der Waals surface area contributed by atoms with Gasteiger partial charge in [-0.3, -0.25) is 0 Å². The number of nitrogens with one attached hydrogen (secondary N) is 1. The van der Waals surface area contributed by atoms with Crippen LogP contribution in [0.5, 0.6) is 0 Å². The van der Waals surface area contributed by atoms with E-state index in [1.165, 1.54) is 10.6 Å². The maximum absolute atomic E-state index is 12.2. The van der Waals surface area contributed by atoms with Gasteiger partial charge >= 0.3 is 6.03 Å². The number of carbonyl (C=O) groups excluding carboxylic acids is 1. The third-order valence-corrected chi connectivity index (χ3v) is 5.42. The molecule has 0 aromatic carbocycles. The summed E-state index contributed by atoms with van der Waals surface area (Å²) in [4.78, 5) is 18.4. The molecule has 0 aliphatic carbocycles. The number of rotatable bonds is 4. The first-order valence-corrected chi connectivity index (χ1v) is 8.79. The molecule has 1 aromatic heterocycles. The number of hydrogen-bond acceptors (Lipinski definition) is 3. The third kappa shape index (κ3) is 4.20. The van der Waals surface area contributed by atoms with Crippen molar-refractivity contribution in [1.82, 2.24) is 9.88 Å². The summed E-state index contributed by atoms with van der Waals surface area (Å²) in [7, 11) is 0. The maximum atomic E-state index is 12.2. The zero-order valence-electron chi connectivity index (χ0n) is 14.2. The molecule has 124 valence electrons. The number of thiazole rings is 1. The van der Waals surface area contributed by atoms with Crippen molar-refractivity contribution in [2.75, 3.05) is 6.61 Å². The van der Waals surface area contributed by atoms with E-state index in [1.807, 2.05) is 13.8 Å². The third-order valence-electron chi connectivity index (χ3n) is 4.33. The standard InChI is InChI=1S/C16H27N3O2S/c1-6-16(4,5)18-14(20)17-15-19(11(2)12(3)22-15)10-13-8-7-9-21-13/h13H,6-10H2,1-5H3,(H,18,20). The molecular formula is C16H27N3O2S. The van der Waals surface area contributed by atoms with Crippen LogP contribution in [0.2, 0.25) is 0 Å². The highest BCUT2D eigenvalue weighted by atomic mass is 32.1. The fourth-order valence-corrected chi connectivity index (χ4v) is 3.36. The molecule has 0 saturated carbocycles. The Bertz CT molecular complexity index is 595. The Labute approximate surface area is 136 Å². The van der Waals surface area contributed by atoms with Crippen LogP contribution in [0.25, 0.3) is 0 Å². The molecule has 1 N–H and O–H groups in total. The molecule has 2 heterocycles. The molecular weight excluding hydrogens is 298 g/mol. The molecule has 2 rings (SSSR count). The fourth-order valence-electron chi connectivity index (χ4n) is 2.38. The number of amides is 2. The van der Waals surface area contributed by atoms with E-state index in [0.717, 1.165) is 37.2 Å². The molecule has 1 atom stereocenters. The first kappa shape index (κ1) is 17.2. The van der Waals surface area contributed by atoms with E-state index in [2.05, 4.69) is 35.6 Å². The van der Waals surface area contributed by atoms with Crippen molar-refractivity contribution in [1.29, 1.82) is 0 Å². The number of hydrogen-bond donors (Lipinski definition) is 1. The Hall–Kier alpha value is -1.14. The van der Waals surface area contributed by atoms with Crippen molar-refractivity contribution in [3.8, 4) is 0 Å². The van der Waals surface area contributed by atoms with Gasteiger partial charge in [-0.25, -0.2) is 4.79 Å². The van der Waals surface area contributed by atoms with Gasteiger partial charge in [0.1, 0.15) is 0 Å². The van der Waals surface area contributed by atoms with Gasteiger partial charge in [-0.15, -0.1) is 11.3 Å². The number of nitrogens with zero attached hydrogens (tertiary/aromatic N) is 2. The minimum absolute atomic E-state index is 0.235. The van der Waals surface area contributed by atoms with Gasteiger partial charge in [0.2, 0.25) is 0 Å². The molecule has 0 spiro atoms. The molecule has 1 fully saturated rings. The van der Waals surface area contributed by atoms with Gasteiger partial charge in [-0.05, 0) is 47.0 Å².